The van der Waals surface area contributed by atoms with Crippen molar-refractivity contribution in [2.75, 3.05) is 13.7 Å². The normalized spacial score (nSPS) is 10.3. The first-order valence-electron chi connectivity index (χ1n) is 8.63. The van der Waals surface area contributed by atoms with Crippen LogP contribution < -0.4 is 4.74 Å². The maximum absolute atomic E-state index is 13.1. The Morgan fingerprint density at radius 1 is 1.00 bits per heavy atom. The first-order valence-corrected chi connectivity index (χ1v) is 8.63. The zero-order valence-electron chi connectivity index (χ0n) is 14.8. The van der Waals surface area contributed by atoms with Gasteiger partial charge in [-0.1, -0.05) is 42.5 Å². The lowest BCUT2D eigenvalue weighted by atomic mass is 10.1. The maximum Gasteiger partial charge on any atom is 0.254 e. The molecular weight excluding hydrogens is 324 g/mol. The summed E-state index contributed by atoms with van der Waals surface area (Å²) in [4.78, 5) is 19.3. The molecule has 3 aromatic rings. The monoisotopic (exact) mass is 346 g/mol. The fourth-order valence-electron chi connectivity index (χ4n) is 2.79. The van der Waals surface area contributed by atoms with Gasteiger partial charge in [0.25, 0.3) is 5.91 Å². The predicted molar refractivity (Wildman–Crippen MR) is 102 cm³/mol. The summed E-state index contributed by atoms with van der Waals surface area (Å²) in [7, 11) is 1.60. The van der Waals surface area contributed by atoms with Crippen LogP contribution in [0.5, 0.6) is 5.75 Å². The average molecular weight is 346 g/mol. The SMILES string of the molecule is COc1cccc(C(=O)N(CCc2ccccc2)Cc2ccccn2)c1. The molecule has 0 spiro atoms. The van der Waals surface area contributed by atoms with Crippen LogP contribution in [0.4, 0.5) is 0 Å². The number of methoxy groups -OCH3 is 1. The first-order chi connectivity index (χ1) is 12.8. The van der Waals surface area contributed by atoms with E-state index in [0.717, 1.165) is 12.1 Å². The van der Waals surface area contributed by atoms with E-state index in [-0.39, 0.29) is 5.91 Å². The second-order valence-corrected chi connectivity index (χ2v) is 6.02. The molecule has 2 aromatic carbocycles. The molecule has 0 aliphatic carbocycles. The van der Waals surface area contributed by atoms with Crippen LogP contribution in [-0.4, -0.2) is 29.4 Å². The highest BCUT2D eigenvalue weighted by molar-refractivity contribution is 5.94. The highest BCUT2D eigenvalue weighted by Gasteiger charge is 2.17. The van der Waals surface area contributed by atoms with Crippen molar-refractivity contribution in [3.8, 4) is 5.75 Å². The van der Waals surface area contributed by atoms with Crippen molar-refractivity contribution in [3.63, 3.8) is 0 Å². The topological polar surface area (TPSA) is 42.4 Å². The lowest BCUT2D eigenvalue weighted by molar-refractivity contribution is 0.0742. The van der Waals surface area contributed by atoms with E-state index >= 15 is 0 Å². The number of carbonyl (C=O) groups excluding carboxylic acids is 1. The van der Waals surface area contributed by atoms with Gasteiger partial charge < -0.3 is 9.64 Å². The molecule has 0 atom stereocenters. The highest BCUT2D eigenvalue weighted by Crippen LogP contribution is 2.16. The van der Waals surface area contributed by atoms with Crippen molar-refractivity contribution in [2.45, 2.75) is 13.0 Å². The van der Waals surface area contributed by atoms with E-state index in [9.17, 15) is 4.79 Å². The number of benzene rings is 2. The van der Waals surface area contributed by atoms with Crippen LogP contribution in [0.15, 0.2) is 79.0 Å². The van der Waals surface area contributed by atoms with Crippen LogP contribution in [-0.2, 0) is 13.0 Å². The van der Waals surface area contributed by atoms with Gasteiger partial charge in [-0.15, -0.1) is 0 Å². The summed E-state index contributed by atoms with van der Waals surface area (Å²) in [5.74, 6) is 0.655. The van der Waals surface area contributed by atoms with Crippen LogP contribution in [0.2, 0.25) is 0 Å². The van der Waals surface area contributed by atoms with Gasteiger partial charge in [0.05, 0.1) is 19.3 Å². The summed E-state index contributed by atoms with van der Waals surface area (Å²) in [6.45, 7) is 1.10. The second kappa shape index (κ2) is 8.81. The van der Waals surface area contributed by atoms with Crippen LogP contribution in [0.3, 0.4) is 0 Å². The van der Waals surface area contributed by atoms with E-state index in [1.54, 1.807) is 19.4 Å². The van der Waals surface area contributed by atoms with Crippen molar-refractivity contribution in [1.29, 1.82) is 0 Å². The van der Waals surface area contributed by atoms with Gasteiger partial charge in [-0.25, -0.2) is 0 Å². The van der Waals surface area contributed by atoms with Crippen LogP contribution in [0, 0.1) is 0 Å². The van der Waals surface area contributed by atoms with Gasteiger partial charge in [-0.2, -0.15) is 0 Å². The molecule has 1 aromatic heterocycles. The molecule has 0 bridgehead atoms. The number of carbonyl (C=O) groups is 1. The molecule has 0 unspecified atom stereocenters. The molecule has 1 amide bonds. The molecular formula is C22H22N2O2. The number of rotatable bonds is 7. The van der Waals surface area contributed by atoms with Gasteiger partial charge in [0, 0.05) is 18.3 Å². The largest absolute Gasteiger partial charge is 0.497 e. The maximum atomic E-state index is 13.1. The third-order valence-electron chi connectivity index (χ3n) is 4.20. The lowest BCUT2D eigenvalue weighted by Gasteiger charge is -2.23. The fourth-order valence-corrected chi connectivity index (χ4v) is 2.79. The Bertz CT molecular complexity index is 835. The van der Waals surface area contributed by atoms with E-state index in [1.165, 1.54) is 5.56 Å². The summed E-state index contributed by atoms with van der Waals surface area (Å²) >= 11 is 0. The summed E-state index contributed by atoms with van der Waals surface area (Å²) in [5, 5.41) is 0. The van der Waals surface area contributed by atoms with Crippen molar-refractivity contribution in [2.24, 2.45) is 0 Å². The third kappa shape index (κ3) is 4.70. The first kappa shape index (κ1) is 17.7. The molecule has 132 valence electrons. The minimum atomic E-state index is -0.0227. The van der Waals surface area contributed by atoms with Gasteiger partial charge in [-0.05, 0) is 42.3 Å². The van der Waals surface area contributed by atoms with Crippen LogP contribution in [0.1, 0.15) is 21.6 Å². The molecule has 4 nitrogen and oxygen atoms in total. The minimum Gasteiger partial charge on any atom is -0.497 e. The standard InChI is InChI=1S/C22H22N2O2/c1-26-21-12-7-10-19(16-21)22(25)24(17-20-11-5-6-14-23-20)15-13-18-8-3-2-4-9-18/h2-12,14,16H,13,15,17H2,1H3. The third-order valence-corrected chi connectivity index (χ3v) is 4.20. The van der Waals surface area contributed by atoms with E-state index in [4.69, 9.17) is 4.74 Å². The predicted octanol–water partition coefficient (Wildman–Crippen LogP) is 3.98. The molecule has 0 fully saturated rings. The molecule has 3 rings (SSSR count). The minimum absolute atomic E-state index is 0.0227. The molecule has 4 heteroatoms. The van der Waals surface area contributed by atoms with Gasteiger partial charge in [0.2, 0.25) is 0 Å². The van der Waals surface area contributed by atoms with Crippen LogP contribution in [0.25, 0.3) is 0 Å². The number of amides is 1. The Morgan fingerprint density at radius 3 is 2.54 bits per heavy atom. The van der Waals surface area contributed by atoms with Crippen LogP contribution >= 0.6 is 0 Å². The molecule has 26 heavy (non-hydrogen) atoms. The number of nitrogens with zero attached hydrogens (tertiary/aromatic N) is 2. The molecule has 0 saturated heterocycles. The quantitative estimate of drug-likeness (QED) is 0.650. The number of aromatic nitrogens is 1. The van der Waals surface area contributed by atoms with Gasteiger partial charge in [0.15, 0.2) is 0 Å². The van der Waals surface area contributed by atoms with E-state index in [2.05, 4.69) is 17.1 Å². The Kier molecular flexibility index (Phi) is 5.99. The fraction of sp³-hybridized carbons (Fsp3) is 0.182. The average Bonchev–Trinajstić information content (AvgIpc) is 2.72. The molecule has 0 aliphatic rings. The van der Waals surface area contributed by atoms with Gasteiger partial charge >= 0.3 is 0 Å². The molecule has 1 heterocycles. The Hall–Kier alpha value is -3.14. The summed E-state index contributed by atoms with van der Waals surface area (Å²) in [5.41, 5.74) is 2.70. The van der Waals surface area contributed by atoms with E-state index in [1.807, 2.05) is 59.5 Å². The summed E-state index contributed by atoms with van der Waals surface area (Å²) in [6, 6.07) is 23.2. The Morgan fingerprint density at radius 2 is 1.81 bits per heavy atom. The number of pyridine rings is 1. The second-order valence-electron chi connectivity index (χ2n) is 6.02. The highest BCUT2D eigenvalue weighted by atomic mass is 16.5. The van der Waals surface area contributed by atoms with Gasteiger partial charge in [-0.3, -0.25) is 9.78 Å². The number of hydrogen-bond acceptors (Lipinski definition) is 3. The smallest absolute Gasteiger partial charge is 0.254 e. The number of ether oxygens (including phenoxy) is 1. The van der Waals surface area contributed by atoms with E-state index in [0.29, 0.717) is 24.4 Å². The van der Waals surface area contributed by atoms with E-state index < -0.39 is 0 Å². The molecule has 0 radical (unpaired) electrons. The van der Waals surface area contributed by atoms with Crippen molar-refractivity contribution < 1.29 is 9.53 Å². The number of hydrogen-bond donors (Lipinski definition) is 0. The van der Waals surface area contributed by atoms with Crippen molar-refractivity contribution in [3.05, 3.63) is 95.8 Å². The zero-order valence-corrected chi connectivity index (χ0v) is 14.8. The molecule has 0 saturated carbocycles. The summed E-state index contributed by atoms with van der Waals surface area (Å²) < 4.78 is 5.25. The zero-order chi connectivity index (χ0) is 18.2. The summed E-state index contributed by atoms with van der Waals surface area (Å²) in [6.07, 6.45) is 2.55. The Balaban J connectivity index is 1.80. The molecule has 0 aliphatic heterocycles. The van der Waals surface area contributed by atoms with Crippen molar-refractivity contribution in [1.82, 2.24) is 9.88 Å². The molecule has 0 N–H and O–H groups in total. The Labute approximate surface area is 154 Å². The van der Waals surface area contributed by atoms with Crippen molar-refractivity contribution >= 4 is 5.91 Å². The van der Waals surface area contributed by atoms with Gasteiger partial charge in [0.1, 0.15) is 5.75 Å². The lowest BCUT2D eigenvalue weighted by Crippen LogP contribution is -2.32.